The highest BCUT2D eigenvalue weighted by molar-refractivity contribution is 6.18. The van der Waals surface area contributed by atoms with Crippen LogP contribution < -0.4 is 4.74 Å². The number of hydrogen-bond acceptors (Lipinski definition) is 2. The van der Waals surface area contributed by atoms with Crippen molar-refractivity contribution >= 4 is 17.5 Å². The number of ether oxygens (including phenoxy) is 1. The first kappa shape index (κ1) is 16.0. The van der Waals surface area contributed by atoms with Gasteiger partial charge in [-0.15, -0.1) is 11.6 Å². The highest BCUT2D eigenvalue weighted by Crippen LogP contribution is 2.22. The predicted molar refractivity (Wildman–Crippen MR) is 77.1 cm³/mol. The van der Waals surface area contributed by atoms with Gasteiger partial charge in [0, 0.05) is 24.0 Å². The van der Waals surface area contributed by atoms with E-state index >= 15 is 0 Å². The SMILES string of the molecule is O=C(c1ccc(OC(F)F)cc1)N1CCCCCC1CCl. The third-order valence-electron chi connectivity index (χ3n) is 3.64. The highest BCUT2D eigenvalue weighted by atomic mass is 35.5. The molecule has 1 aromatic rings. The van der Waals surface area contributed by atoms with Crippen molar-refractivity contribution in [3.8, 4) is 5.75 Å². The van der Waals surface area contributed by atoms with Crippen molar-refractivity contribution in [3.05, 3.63) is 29.8 Å². The summed E-state index contributed by atoms with van der Waals surface area (Å²) in [7, 11) is 0. The molecule has 3 nitrogen and oxygen atoms in total. The number of likely N-dealkylation sites (tertiary alicyclic amines) is 1. The molecule has 0 bridgehead atoms. The Balaban J connectivity index is 2.10. The number of hydrogen-bond donors (Lipinski definition) is 0. The Morgan fingerprint density at radius 2 is 2.00 bits per heavy atom. The summed E-state index contributed by atoms with van der Waals surface area (Å²) in [6, 6.07) is 5.82. The molecule has 1 aliphatic rings. The molecule has 0 N–H and O–H groups in total. The second kappa shape index (κ2) is 7.59. The van der Waals surface area contributed by atoms with Gasteiger partial charge in [0.25, 0.3) is 5.91 Å². The molecule has 1 unspecified atom stereocenters. The number of nitrogens with zero attached hydrogens (tertiary/aromatic N) is 1. The van der Waals surface area contributed by atoms with Crippen molar-refractivity contribution in [2.24, 2.45) is 0 Å². The van der Waals surface area contributed by atoms with Gasteiger partial charge in [-0.2, -0.15) is 8.78 Å². The van der Waals surface area contributed by atoms with Crippen molar-refractivity contribution in [2.75, 3.05) is 12.4 Å². The molecular formula is C15H18ClF2NO2. The summed E-state index contributed by atoms with van der Waals surface area (Å²) in [5.74, 6) is 0.357. The minimum Gasteiger partial charge on any atom is -0.435 e. The van der Waals surface area contributed by atoms with E-state index in [0.29, 0.717) is 18.0 Å². The molecule has 1 amide bonds. The van der Waals surface area contributed by atoms with Crippen LogP contribution in [0.4, 0.5) is 8.78 Å². The minimum atomic E-state index is -2.86. The van der Waals surface area contributed by atoms with E-state index in [1.165, 1.54) is 24.3 Å². The topological polar surface area (TPSA) is 29.5 Å². The van der Waals surface area contributed by atoms with E-state index in [1.54, 1.807) is 4.90 Å². The average Bonchev–Trinajstić information content (AvgIpc) is 2.71. The molecule has 1 aromatic carbocycles. The second-order valence-corrected chi connectivity index (χ2v) is 5.37. The summed E-state index contributed by atoms with van der Waals surface area (Å²) in [4.78, 5) is 14.3. The summed E-state index contributed by atoms with van der Waals surface area (Å²) in [5.41, 5.74) is 0.466. The fourth-order valence-electron chi connectivity index (χ4n) is 2.55. The van der Waals surface area contributed by atoms with Gasteiger partial charge in [-0.25, -0.2) is 0 Å². The standard InChI is InChI=1S/C15H18ClF2NO2/c16-10-12-4-2-1-3-9-19(12)14(20)11-5-7-13(8-6-11)21-15(17)18/h5-8,12,15H,1-4,9-10H2. The van der Waals surface area contributed by atoms with Crippen LogP contribution in [0.2, 0.25) is 0 Å². The van der Waals surface area contributed by atoms with Crippen molar-refractivity contribution in [2.45, 2.75) is 38.3 Å². The molecule has 2 rings (SSSR count). The number of benzene rings is 1. The monoisotopic (exact) mass is 317 g/mol. The molecule has 1 saturated heterocycles. The summed E-state index contributed by atoms with van der Waals surface area (Å²) >= 11 is 5.96. The van der Waals surface area contributed by atoms with Crippen LogP contribution in [-0.2, 0) is 0 Å². The smallest absolute Gasteiger partial charge is 0.387 e. The van der Waals surface area contributed by atoms with E-state index in [0.717, 1.165) is 25.7 Å². The highest BCUT2D eigenvalue weighted by Gasteiger charge is 2.25. The van der Waals surface area contributed by atoms with Crippen molar-refractivity contribution in [3.63, 3.8) is 0 Å². The number of alkyl halides is 3. The van der Waals surface area contributed by atoms with Gasteiger partial charge in [0.2, 0.25) is 0 Å². The van der Waals surface area contributed by atoms with Gasteiger partial charge < -0.3 is 9.64 Å². The molecule has 116 valence electrons. The van der Waals surface area contributed by atoms with E-state index in [-0.39, 0.29) is 17.7 Å². The lowest BCUT2D eigenvalue weighted by Crippen LogP contribution is -2.41. The normalized spacial score (nSPS) is 19.4. The van der Waals surface area contributed by atoms with Gasteiger partial charge in [-0.1, -0.05) is 12.8 Å². The lowest BCUT2D eigenvalue weighted by molar-refractivity contribution is -0.0498. The van der Waals surface area contributed by atoms with Crippen LogP contribution in [0.1, 0.15) is 36.0 Å². The van der Waals surface area contributed by atoms with Crippen molar-refractivity contribution in [1.82, 2.24) is 4.90 Å². The molecule has 0 spiro atoms. The Morgan fingerprint density at radius 1 is 1.29 bits per heavy atom. The Hall–Kier alpha value is -1.36. The Labute approximate surface area is 127 Å². The van der Waals surface area contributed by atoms with Gasteiger partial charge in [0.1, 0.15) is 5.75 Å². The van der Waals surface area contributed by atoms with Gasteiger partial charge in [-0.05, 0) is 37.1 Å². The number of carbonyl (C=O) groups is 1. The van der Waals surface area contributed by atoms with E-state index in [1.807, 2.05) is 0 Å². The van der Waals surface area contributed by atoms with Gasteiger partial charge in [0.15, 0.2) is 0 Å². The maximum atomic E-state index is 12.5. The van der Waals surface area contributed by atoms with Crippen LogP contribution >= 0.6 is 11.6 Å². The van der Waals surface area contributed by atoms with Crippen LogP contribution in [0.15, 0.2) is 24.3 Å². The Kier molecular flexibility index (Phi) is 5.79. The summed E-state index contributed by atoms with van der Waals surface area (Å²) in [5, 5.41) is 0. The molecule has 21 heavy (non-hydrogen) atoms. The third kappa shape index (κ3) is 4.30. The average molecular weight is 318 g/mol. The molecule has 1 fully saturated rings. The molecule has 0 aromatic heterocycles. The lowest BCUT2D eigenvalue weighted by Gasteiger charge is -2.28. The third-order valence-corrected chi connectivity index (χ3v) is 4.00. The number of amides is 1. The first-order valence-corrected chi connectivity index (χ1v) is 7.57. The molecule has 0 radical (unpaired) electrons. The summed E-state index contributed by atoms with van der Waals surface area (Å²) in [6.07, 6.45) is 4.04. The van der Waals surface area contributed by atoms with Crippen LogP contribution in [0.3, 0.4) is 0 Å². The lowest BCUT2D eigenvalue weighted by atomic mass is 10.1. The molecule has 1 aliphatic heterocycles. The van der Waals surface area contributed by atoms with Crippen LogP contribution in [0.5, 0.6) is 5.75 Å². The van der Waals surface area contributed by atoms with Gasteiger partial charge >= 0.3 is 6.61 Å². The molecule has 1 atom stereocenters. The zero-order valence-corrected chi connectivity index (χ0v) is 12.4. The van der Waals surface area contributed by atoms with Gasteiger partial charge in [0.05, 0.1) is 0 Å². The van der Waals surface area contributed by atoms with E-state index in [4.69, 9.17) is 11.6 Å². The number of rotatable bonds is 4. The maximum Gasteiger partial charge on any atom is 0.387 e. The summed E-state index contributed by atoms with van der Waals surface area (Å²) < 4.78 is 28.5. The van der Waals surface area contributed by atoms with Crippen LogP contribution in [-0.4, -0.2) is 35.9 Å². The molecule has 0 aliphatic carbocycles. The van der Waals surface area contributed by atoms with E-state index in [2.05, 4.69) is 4.74 Å². The minimum absolute atomic E-state index is 0.0404. The first-order chi connectivity index (χ1) is 10.1. The number of halogens is 3. The molecular weight excluding hydrogens is 300 g/mol. The Bertz CT molecular complexity index is 467. The summed E-state index contributed by atoms with van der Waals surface area (Å²) in [6.45, 7) is -2.18. The number of carbonyl (C=O) groups excluding carboxylic acids is 1. The second-order valence-electron chi connectivity index (χ2n) is 5.06. The quantitative estimate of drug-likeness (QED) is 0.788. The van der Waals surface area contributed by atoms with E-state index in [9.17, 15) is 13.6 Å². The molecule has 1 heterocycles. The largest absolute Gasteiger partial charge is 0.435 e. The fourth-order valence-corrected chi connectivity index (χ4v) is 2.87. The Morgan fingerprint density at radius 3 is 2.62 bits per heavy atom. The fraction of sp³-hybridized carbons (Fsp3) is 0.533. The van der Waals surface area contributed by atoms with E-state index < -0.39 is 6.61 Å². The molecule has 0 saturated carbocycles. The zero-order chi connectivity index (χ0) is 15.2. The van der Waals surface area contributed by atoms with Gasteiger partial charge in [-0.3, -0.25) is 4.79 Å². The first-order valence-electron chi connectivity index (χ1n) is 7.03. The predicted octanol–water partition coefficient (Wildman–Crippen LogP) is 3.91. The zero-order valence-electron chi connectivity index (χ0n) is 11.6. The van der Waals surface area contributed by atoms with Crippen molar-refractivity contribution in [1.29, 1.82) is 0 Å². The van der Waals surface area contributed by atoms with Crippen LogP contribution in [0.25, 0.3) is 0 Å². The van der Waals surface area contributed by atoms with Crippen LogP contribution in [0, 0.1) is 0 Å². The van der Waals surface area contributed by atoms with Crippen molar-refractivity contribution < 1.29 is 18.3 Å². The maximum absolute atomic E-state index is 12.5. The molecule has 6 heteroatoms.